The van der Waals surface area contributed by atoms with E-state index in [1.165, 1.54) is 225 Å². The second kappa shape index (κ2) is 59.5. The van der Waals surface area contributed by atoms with E-state index in [1.807, 2.05) is 0 Å². The van der Waals surface area contributed by atoms with Crippen LogP contribution in [-0.4, -0.2) is 37.2 Å². The minimum absolute atomic E-state index is 0.0735. The van der Waals surface area contributed by atoms with Crippen molar-refractivity contribution in [1.82, 2.24) is 0 Å². The third-order valence-corrected chi connectivity index (χ3v) is 14.2. The highest BCUT2D eigenvalue weighted by Gasteiger charge is 2.19. The first kappa shape index (κ1) is 67.9. The van der Waals surface area contributed by atoms with Crippen molar-refractivity contribution < 1.29 is 28.6 Å². The van der Waals surface area contributed by atoms with Crippen LogP contribution in [0.25, 0.3) is 0 Å². The molecule has 0 rings (SSSR count). The van der Waals surface area contributed by atoms with Gasteiger partial charge in [-0.15, -0.1) is 0 Å². The zero-order valence-corrected chi connectivity index (χ0v) is 47.3. The second-order valence-corrected chi connectivity index (χ2v) is 21.3. The van der Waals surface area contributed by atoms with Gasteiger partial charge in [0.15, 0.2) is 6.10 Å². The van der Waals surface area contributed by atoms with Crippen LogP contribution >= 0.6 is 0 Å². The Bertz CT molecular complexity index is 1130. The van der Waals surface area contributed by atoms with E-state index < -0.39 is 6.10 Å². The molecule has 0 saturated heterocycles. The van der Waals surface area contributed by atoms with Crippen LogP contribution in [-0.2, 0) is 28.6 Å². The van der Waals surface area contributed by atoms with Gasteiger partial charge in [0.2, 0.25) is 0 Å². The average molecular weight is 986 g/mol. The molecule has 0 fully saturated rings. The van der Waals surface area contributed by atoms with Crippen LogP contribution in [0.4, 0.5) is 0 Å². The van der Waals surface area contributed by atoms with Crippen molar-refractivity contribution in [1.29, 1.82) is 0 Å². The van der Waals surface area contributed by atoms with Gasteiger partial charge in [-0.05, 0) is 57.8 Å². The summed E-state index contributed by atoms with van der Waals surface area (Å²) in [4.78, 5) is 38.0. The van der Waals surface area contributed by atoms with E-state index in [-0.39, 0.29) is 31.1 Å². The summed E-state index contributed by atoms with van der Waals surface area (Å²) in [6.07, 6.45) is 70.8. The summed E-state index contributed by atoms with van der Waals surface area (Å²) < 4.78 is 16.8. The average Bonchev–Trinajstić information content (AvgIpc) is 3.36. The summed E-state index contributed by atoms with van der Waals surface area (Å²) in [7, 11) is 0. The zero-order chi connectivity index (χ0) is 50.7. The maximum absolute atomic E-state index is 12.8. The number of allylic oxidation sites excluding steroid dienone is 4. The Labute approximate surface area is 436 Å². The van der Waals surface area contributed by atoms with Crippen LogP contribution in [0.5, 0.6) is 0 Å². The highest BCUT2D eigenvalue weighted by atomic mass is 16.6. The van der Waals surface area contributed by atoms with E-state index >= 15 is 0 Å². The molecule has 0 aliphatic rings. The van der Waals surface area contributed by atoms with Gasteiger partial charge >= 0.3 is 17.9 Å². The first-order chi connectivity index (χ1) is 34.5. The van der Waals surface area contributed by atoms with Crippen LogP contribution in [0, 0.1) is 0 Å². The van der Waals surface area contributed by atoms with E-state index in [0.717, 1.165) is 83.5 Å². The fraction of sp³-hybridized carbons (Fsp3) is 0.891. The first-order valence-electron chi connectivity index (χ1n) is 31.3. The van der Waals surface area contributed by atoms with E-state index in [9.17, 15) is 14.4 Å². The molecule has 1 unspecified atom stereocenters. The molecule has 1 atom stereocenters. The third-order valence-electron chi connectivity index (χ3n) is 14.2. The van der Waals surface area contributed by atoms with Crippen LogP contribution < -0.4 is 0 Å². The SMILES string of the molecule is CCC/C=C\CCCCCCCC(=O)OCC(COC(=O)CCCCCCCCCCCCCCCCCCCCCCCCCCCCCCCCC)OC(=O)CCCCCCC/C=C\CCCC. The molecule has 0 heterocycles. The lowest BCUT2D eigenvalue weighted by molar-refractivity contribution is -0.167. The van der Waals surface area contributed by atoms with Crippen molar-refractivity contribution in [3.8, 4) is 0 Å². The molecule has 0 aliphatic carbocycles. The summed E-state index contributed by atoms with van der Waals surface area (Å²) >= 11 is 0. The van der Waals surface area contributed by atoms with Crippen molar-refractivity contribution >= 4 is 17.9 Å². The van der Waals surface area contributed by atoms with Crippen LogP contribution in [0.3, 0.4) is 0 Å². The summed E-state index contributed by atoms with van der Waals surface area (Å²) in [5.74, 6) is -0.878. The highest BCUT2D eigenvalue weighted by molar-refractivity contribution is 5.71. The second-order valence-electron chi connectivity index (χ2n) is 21.3. The lowest BCUT2D eigenvalue weighted by Crippen LogP contribution is -2.30. The van der Waals surface area contributed by atoms with Crippen molar-refractivity contribution in [3.05, 3.63) is 24.3 Å². The molecule has 0 aliphatic heterocycles. The predicted molar refractivity (Wildman–Crippen MR) is 303 cm³/mol. The number of ether oxygens (including phenoxy) is 3. The van der Waals surface area contributed by atoms with Gasteiger partial charge in [0, 0.05) is 19.3 Å². The number of carbonyl (C=O) groups is 3. The monoisotopic (exact) mass is 985 g/mol. The maximum Gasteiger partial charge on any atom is 0.306 e. The Morgan fingerprint density at radius 1 is 0.271 bits per heavy atom. The number of hydrogen-bond acceptors (Lipinski definition) is 6. The topological polar surface area (TPSA) is 78.9 Å². The van der Waals surface area contributed by atoms with Gasteiger partial charge in [0.25, 0.3) is 0 Å². The number of rotatable bonds is 58. The Kier molecular flexibility index (Phi) is 57.7. The normalized spacial score (nSPS) is 12.1. The molecule has 6 heteroatoms. The zero-order valence-electron chi connectivity index (χ0n) is 47.3. The number of esters is 3. The molecule has 6 nitrogen and oxygen atoms in total. The van der Waals surface area contributed by atoms with E-state index in [1.54, 1.807) is 0 Å². The van der Waals surface area contributed by atoms with Gasteiger partial charge in [-0.1, -0.05) is 295 Å². The lowest BCUT2D eigenvalue weighted by Gasteiger charge is -2.18. The van der Waals surface area contributed by atoms with Crippen LogP contribution in [0.15, 0.2) is 24.3 Å². The van der Waals surface area contributed by atoms with Crippen LogP contribution in [0.1, 0.15) is 348 Å². The third kappa shape index (κ3) is 56.8. The van der Waals surface area contributed by atoms with Crippen molar-refractivity contribution in [2.24, 2.45) is 0 Å². The van der Waals surface area contributed by atoms with E-state index in [2.05, 4.69) is 45.1 Å². The molecule has 0 bridgehead atoms. The molecule has 0 N–H and O–H groups in total. The standard InChI is InChI=1S/C64H120O6/c1-4-7-10-13-16-19-22-23-24-25-26-27-28-29-30-31-32-33-34-35-36-37-38-39-40-41-43-45-48-51-54-57-63(66)69-60-61(59-68-62(65)56-53-50-47-44-21-18-15-12-9-6-3)70-64(67)58-55-52-49-46-42-20-17-14-11-8-5-2/h12,14-15,17,61H,4-11,13,16,18-60H2,1-3H3/b15-12-,17-14-. The Hall–Kier alpha value is -2.11. The largest absolute Gasteiger partial charge is 0.462 e. The first-order valence-corrected chi connectivity index (χ1v) is 31.3. The number of hydrogen-bond donors (Lipinski definition) is 0. The summed E-state index contributed by atoms with van der Waals surface area (Å²) in [6.45, 7) is 6.57. The molecule has 0 radical (unpaired) electrons. The molecule has 0 saturated carbocycles. The van der Waals surface area contributed by atoms with E-state index in [0.29, 0.717) is 19.3 Å². The molecule has 0 spiro atoms. The van der Waals surface area contributed by atoms with Crippen molar-refractivity contribution in [2.45, 2.75) is 354 Å². The van der Waals surface area contributed by atoms with Gasteiger partial charge in [-0.2, -0.15) is 0 Å². The van der Waals surface area contributed by atoms with Crippen LogP contribution in [0.2, 0.25) is 0 Å². The molecule has 70 heavy (non-hydrogen) atoms. The molecular weight excluding hydrogens is 865 g/mol. The van der Waals surface area contributed by atoms with Gasteiger partial charge in [-0.3, -0.25) is 14.4 Å². The molecule has 0 aromatic heterocycles. The Balaban J connectivity index is 3.97. The summed E-state index contributed by atoms with van der Waals surface area (Å²) in [6, 6.07) is 0. The fourth-order valence-corrected chi connectivity index (χ4v) is 9.43. The van der Waals surface area contributed by atoms with Gasteiger partial charge in [0.05, 0.1) is 0 Å². The summed E-state index contributed by atoms with van der Waals surface area (Å²) in [5, 5.41) is 0. The quantitative estimate of drug-likeness (QED) is 0.0261. The molecule has 0 amide bonds. The Morgan fingerprint density at radius 2 is 0.514 bits per heavy atom. The smallest absolute Gasteiger partial charge is 0.306 e. The lowest BCUT2D eigenvalue weighted by atomic mass is 10.0. The molecular formula is C64H120O6. The maximum atomic E-state index is 12.8. The number of unbranched alkanes of at least 4 members (excludes halogenated alkanes) is 43. The minimum Gasteiger partial charge on any atom is -0.462 e. The number of carbonyl (C=O) groups excluding carboxylic acids is 3. The molecule has 0 aromatic rings. The van der Waals surface area contributed by atoms with Crippen molar-refractivity contribution in [3.63, 3.8) is 0 Å². The van der Waals surface area contributed by atoms with Gasteiger partial charge in [0.1, 0.15) is 13.2 Å². The van der Waals surface area contributed by atoms with Gasteiger partial charge in [-0.25, -0.2) is 0 Å². The predicted octanol–water partition coefficient (Wildman–Crippen LogP) is 21.1. The summed E-state index contributed by atoms with van der Waals surface area (Å²) in [5.41, 5.74) is 0. The fourth-order valence-electron chi connectivity index (χ4n) is 9.43. The van der Waals surface area contributed by atoms with Gasteiger partial charge < -0.3 is 14.2 Å². The van der Waals surface area contributed by atoms with E-state index in [4.69, 9.17) is 14.2 Å². The van der Waals surface area contributed by atoms with Crippen molar-refractivity contribution in [2.75, 3.05) is 13.2 Å². The minimum atomic E-state index is -0.774. The molecule has 412 valence electrons. The highest BCUT2D eigenvalue weighted by Crippen LogP contribution is 2.18. The molecule has 0 aromatic carbocycles. The Morgan fingerprint density at radius 3 is 0.814 bits per heavy atom.